The molecule has 0 bridgehead atoms. The number of nitrogens with zero attached hydrogens (tertiary/aromatic N) is 2. The van der Waals surface area contributed by atoms with E-state index in [0.717, 1.165) is 17.5 Å². The van der Waals surface area contributed by atoms with Gasteiger partial charge in [-0.3, -0.25) is 0 Å². The molecule has 2 N–H and O–H groups in total. The Balaban J connectivity index is 2.21. The van der Waals surface area contributed by atoms with Gasteiger partial charge in [0.25, 0.3) is 0 Å². The van der Waals surface area contributed by atoms with Crippen molar-refractivity contribution in [3.63, 3.8) is 0 Å². The summed E-state index contributed by atoms with van der Waals surface area (Å²) in [5.74, 6) is 1.11. The standard InChI is InChI=1S/C12H14ClN3O/c1-8-4-5-9(7-10(8)13)12-16-15-11(17-12)3-2-6-14/h4-5,7H,2-3,6,14H2,1H3. The maximum Gasteiger partial charge on any atom is 0.247 e. The van der Waals surface area contributed by atoms with Crippen LogP contribution in [0.25, 0.3) is 11.5 Å². The fourth-order valence-electron chi connectivity index (χ4n) is 1.45. The molecule has 2 rings (SSSR count). The SMILES string of the molecule is Cc1ccc(-c2nnc(CCCN)o2)cc1Cl. The molecule has 5 heteroatoms. The molecule has 0 aliphatic heterocycles. The van der Waals surface area contributed by atoms with Crippen LogP contribution in [-0.2, 0) is 6.42 Å². The third kappa shape index (κ3) is 2.84. The van der Waals surface area contributed by atoms with Crippen molar-refractivity contribution in [1.82, 2.24) is 10.2 Å². The van der Waals surface area contributed by atoms with Crippen LogP contribution in [0.15, 0.2) is 22.6 Å². The van der Waals surface area contributed by atoms with Crippen molar-refractivity contribution in [2.24, 2.45) is 5.73 Å². The van der Waals surface area contributed by atoms with E-state index in [0.29, 0.717) is 29.8 Å². The van der Waals surface area contributed by atoms with Crippen LogP contribution in [0, 0.1) is 6.92 Å². The normalized spacial score (nSPS) is 10.8. The lowest BCUT2D eigenvalue weighted by atomic mass is 10.1. The van der Waals surface area contributed by atoms with Crippen molar-refractivity contribution in [2.75, 3.05) is 6.54 Å². The van der Waals surface area contributed by atoms with Gasteiger partial charge in [0.05, 0.1) is 0 Å². The fourth-order valence-corrected chi connectivity index (χ4v) is 1.63. The highest BCUT2D eigenvalue weighted by molar-refractivity contribution is 6.31. The van der Waals surface area contributed by atoms with Crippen molar-refractivity contribution < 1.29 is 4.42 Å². The first-order chi connectivity index (χ1) is 8.20. The zero-order chi connectivity index (χ0) is 12.3. The molecule has 90 valence electrons. The van der Waals surface area contributed by atoms with Gasteiger partial charge in [-0.1, -0.05) is 17.7 Å². The summed E-state index contributed by atoms with van der Waals surface area (Å²) in [7, 11) is 0. The molecule has 2 aromatic rings. The second kappa shape index (κ2) is 5.29. The number of hydrogen-bond acceptors (Lipinski definition) is 4. The van der Waals surface area contributed by atoms with Crippen LogP contribution in [-0.4, -0.2) is 16.7 Å². The van der Waals surface area contributed by atoms with Crippen molar-refractivity contribution in [3.8, 4) is 11.5 Å². The summed E-state index contributed by atoms with van der Waals surface area (Å²) < 4.78 is 5.53. The Labute approximate surface area is 105 Å². The summed E-state index contributed by atoms with van der Waals surface area (Å²) in [6.45, 7) is 2.57. The van der Waals surface area contributed by atoms with E-state index in [1.807, 2.05) is 25.1 Å². The van der Waals surface area contributed by atoms with E-state index in [4.69, 9.17) is 21.8 Å². The molecule has 1 aromatic carbocycles. The number of rotatable bonds is 4. The molecule has 0 radical (unpaired) electrons. The molecule has 1 aromatic heterocycles. The van der Waals surface area contributed by atoms with Gasteiger partial charge in [0.1, 0.15) is 0 Å². The fraction of sp³-hybridized carbons (Fsp3) is 0.333. The maximum atomic E-state index is 6.05. The van der Waals surface area contributed by atoms with Crippen molar-refractivity contribution in [2.45, 2.75) is 19.8 Å². The molecule has 0 aliphatic rings. The Morgan fingerprint density at radius 2 is 2.18 bits per heavy atom. The van der Waals surface area contributed by atoms with Crippen LogP contribution in [0.1, 0.15) is 17.9 Å². The predicted octanol–water partition coefficient (Wildman–Crippen LogP) is 2.59. The molecule has 4 nitrogen and oxygen atoms in total. The van der Waals surface area contributed by atoms with Crippen LogP contribution in [0.3, 0.4) is 0 Å². The minimum absolute atomic E-state index is 0.499. The first kappa shape index (κ1) is 12.1. The number of benzene rings is 1. The monoisotopic (exact) mass is 251 g/mol. The highest BCUT2D eigenvalue weighted by Crippen LogP contribution is 2.24. The molecule has 1 heterocycles. The smallest absolute Gasteiger partial charge is 0.247 e. The lowest BCUT2D eigenvalue weighted by Crippen LogP contribution is -2.00. The zero-order valence-corrected chi connectivity index (χ0v) is 10.4. The Hall–Kier alpha value is -1.39. The molecule has 17 heavy (non-hydrogen) atoms. The average Bonchev–Trinajstić information content (AvgIpc) is 2.79. The van der Waals surface area contributed by atoms with Crippen LogP contribution in [0.2, 0.25) is 5.02 Å². The van der Waals surface area contributed by atoms with Gasteiger partial charge in [-0.2, -0.15) is 0 Å². The van der Waals surface area contributed by atoms with Gasteiger partial charge >= 0.3 is 0 Å². The van der Waals surface area contributed by atoms with Crippen LogP contribution in [0.4, 0.5) is 0 Å². The number of aryl methyl sites for hydroxylation is 2. The Bertz CT molecular complexity index is 510. The van der Waals surface area contributed by atoms with Gasteiger partial charge < -0.3 is 10.2 Å². The topological polar surface area (TPSA) is 64.9 Å². The zero-order valence-electron chi connectivity index (χ0n) is 9.61. The summed E-state index contributed by atoms with van der Waals surface area (Å²) in [4.78, 5) is 0. The largest absolute Gasteiger partial charge is 0.421 e. The van der Waals surface area contributed by atoms with E-state index < -0.39 is 0 Å². The molecular weight excluding hydrogens is 238 g/mol. The van der Waals surface area contributed by atoms with E-state index in [2.05, 4.69) is 10.2 Å². The molecule has 0 amide bonds. The highest BCUT2D eigenvalue weighted by Gasteiger charge is 2.09. The minimum atomic E-state index is 0.499. The van der Waals surface area contributed by atoms with E-state index in [-0.39, 0.29) is 0 Å². The third-order valence-corrected chi connectivity index (χ3v) is 2.89. The molecule has 0 spiro atoms. The number of hydrogen-bond donors (Lipinski definition) is 1. The van der Waals surface area contributed by atoms with Crippen molar-refractivity contribution >= 4 is 11.6 Å². The third-order valence-electron chi connectivity index (χ3n) is 2.48. The lowest BCUT2D eigenvalue weighted by molar-refractivity contribution is 0.499. The molecule has 0 saturated carbocycles. The van der Waals surface area contributed by atoms with Crippen molar-refractivity contribution in [3.05, 3.63) is 34.7 Å². The molecule has 0 saturated heterocycles. The number of halogens is 1. The van der Waals surface area contributed by atoms with Gasteiger partial charge in [0, 0.05) is 17.0 Å². The number of aromatic nitrogens is 2. The molecular formula is C12H14ClN3O. The van der Waals surface area contributed by atoms with E-state index >= 15 is 0 Å². The van der Waals surface area contributed by atoms with Crippen LogP contribution in [0.5, 0.6) is 0 Å². The van der Waals surface area contributed by atoms with Gasteiger partial charge in [-0.05, 0) is 37.6 Å². The summed E-state index contributed by atoms with van der Waals surface area (Å²) in [6.07, 6.45) is 1.55. The quantitative estimate of drug-likeness (QED) is 0.907. The summed E-state index contributed by atoms with van der Waals surface area (Å²) >= 11 is 6.05. The highest BCUT2D eigenvalue weighted by atomic mass is 35.5. The second-order valence-electron chi connectivity index (χ2n) is 3.86. The van der Waals surface area contributed by atoms with E-state index in [9.17, 15) is 0 Å². The molecule has 0 fully saturated rings. The lowest BCUT2D eigenvalue weighted by Gasteiger charge is -1.99. The summed E-state index contributed by atoms with van der Waals surface area (Å²) in [5.41, 5.74) is 7.29. The minimum Gasteiger partial charge on any atom is -0.421 e. The number of nitrogens with two attached hydrogens (primary N) is 1. The molecule has 0 aliphatic carbocycles. The predicted molar refractivity (Wildman–Crippen MR) is 66.9 cm³/mol. The van der Waals surface area contributed by atoms with Gasteiger partial charge in [-0.25, -0.2) is 0 Å². The Morgan fingerprint density at radius 1 is 1.35 bits per heavy atom. The summed E-state index contributed by atoms with van der Waals surface area (Å²) in [5, 5.41) is 8.66. The molecule has 0 atom stereocenters. The van der Waals surface area contributed by atoms with E-state index in [1.165, 1.54) is 0 Å². The van der Waals surface area contributed by atoms with Gasteiger partial charge in [0.2, 0.25) is 11.8 Å². The second-order valence-corrected chi connectivity index (χ2v) is 4.26. The summed E-state index contributed by atoms with van der Waals surface area (Å²) in [6, 6.07) is 5.68. The maximum absolute atomic E-state index is 6.05. The van der Waals surface area contributed by atoms with Gasteiger partial charge in [-0.15, -0.1) is 10.2 Å². The van der Waals surface area contributed by atoms with Crippen molar-refractivity contribution in [1.29, 1.82) is 0 Å². The van der Waals surface area contributed by atoms with Crippen LogP contribution < -0.4 is 5.73 Å². The molecule has 0 unspecified atom stereocenters. The first-order valence-electron chi connectivity index (χ1n) is 5.49. The Morgan fingerprint density at radius 3 is 2.88 bits per heavy atom. The first-order valence-corrected chi connectivity index (χ1v) is 5.87. The van der Waals surface area contributed by atoms with Gasteiger partial charge in [0.15, 0.2) is 0 Å². The average molecular weight is 252 g/mol. The van der Waals surface area contributed by atoms with E-state index in [1.54, 1.807) is 0 Å². The van der Waals surface area contributed by atoms with Crippen LogP contribution >= 0.6 is 11.6 Å². The Kier molecular flexibility index (Phi) is 3.76.